The lowest BCUT2D eigenvalue weighted by atomic mass is 10.0. The minimum atomic E-state index is -0.282. The van der Waals surface area contributed by atoms with E-state index in [1.807, 2.05) is 24.3 Å². The zero-order chi connectivity index (χ0) is 13.8. The molecular weight excluding hydrogens is 242 g/mol. The van der Waals surface area contributed by atoms with Crippen LogP contribution in [0.2, 0.25) is 0 Å². The fourth-order valence-corrected chi connectivity index (χ4v) is 2.06. The predicted octanol–water partition coefficient (Wildman–Crippen LogP) is 1.70. The van der Waals surface area contributed by atoms with Crippen LogP contribution in [0, 0.1) is 5.92 Å². The van der Waals surface area contributed by atoms with Crippen LogP contribution >= 0.6 is 0 Å². The van der Waals surface area contributed by atoms with Gasteiger partial charge in [-0.15, -0.1) is 0 Å². The summed E-state index contributed by atoms with van der Waals surface area (Å²) in [6, 6.07) is 7.25. The standard InChI is InChI=1S/C14H19N3O2/c1-9(2)7-10(8-18)15-14(19)13-16-11-5-3-4-6-12(11)17-13/h3-6,9-10,18H,7-8H2,1-2H3,(H,15,19)(H,16,17)/t10-/m1/s1. The van der Waals surface area contributed by atoms with E-state index in [2.05, 4.69) is 29.1 Å². The summed E-state index contributed by atoms with van der Waals surface area (Å²) in [6.45, 7) is 4.04. The number of amides is 1. The largest absolute Gasteiger partial charge is 0.394 e. The molecule has 0 spiro atoms. The van der Waals surface area contributed by atoms with E-state index in [-0.39, 0.29) is 24.4 Å². The molecule has 2 rings (SSSR count). The Morgan fingerprint density at radius 2 is 2.16 bits per heavy atom. The third-order valence-corrected chi connectivity index (χ3v) is 2.92. The van der Waals surface area contributed by atoms with E-state index in [9.17, 15) is 9.90 Å². The lowest BCUT2D eigenvalue weighted by molar-refractivity contribution is 0.0899. The van der Waals surface area contributed by atoms with Gasteiger partial charge in [0.25, 0.3) is 5.91 Å². The van der Waals surface area contributed by atoms with Gasteiger partial charge in [-0.3, -0.25) is 4.79 Å². The number of imidazole rings is 1. The Morgan fingerprint density at radius 1 is 1.42 bits per heavy atom. The van der Waals surface area contributed by atoms with Gasteiger partial charge in [0.2, 0.25) is 0 Å². The minimum absolute atomic E-state index is 0.0653. The Labute approximate surface area is 112 Å². The molecule has 5 heteroatoms. The number of para-hydroxylation sites is 2. The van der Waals surface area contributed by atoms with E-state index >= 15 is 0 Å². The van der Waals surface area contributed by atoms with Crippen LogP contribution in [-0.4, -0.2) is 33.6 Å². The van der Waals surface area contributed by atoms with Crippen LogP contribution in [0.5, 0.6) is 0 Å². The smallest absolute Gasteiger partial charge is 0.287 e. The number of benzene rings is 1. The summed E-state index contributed by atoms with van der Waals surface area (Å²) >= 11 is 0. The van der Waals surface area contributed by atoms with E-state index in [1.165, 1.54) is 0 Å². The number of nitrogens with one attached hydrogen (secondary N) is 2. The lowest BCUT2D eigenvalue weighted by Crippen LogP contribution is -2.38. The fraction of sp³-hybridized carbons (Fsp3) is 0.429. The van der Waals surface area contributed by atoms with Gasteiger partial charge in [-0.2, -0.15) is 0 Å². The summed E-state index contributed by atoms with van der Waals surface area (Å²) in [7, 11) is 0. The highest BCUT2D eigenvalue weighted by Gasteiger charge is 2.16. The van der Waals surface area contributed by atoms with Gasteiger partial charge in [-0.1, -0.05) is 26.0 Å². The van der Waals surface area contributed by atoms with Crippen LogP contribution in [0.4, 0.5) is 0 Å². The topological polar surface area (TPSA) is 78.0 Å². The molecule has 1 atom stereocenters. The first kappa shape index (κ1) is 13.5. The number of aromatic amines is 1. The minimum Gasteiger partial charge on any atom is -0.394 e. The molecule has 0 unspecified atom stereocenters. The van der Waals surface area contributed by atoms with Crippen LogP contribution in [0.1, 0.15) is 30.9 Å². The molecule has 3 N–H and O–H groups in total. The van der Waals surface area contributed by atoms with E-state index in [0.29, 0.717) is 5.92 Å². The number of fused-ring (bicyclic) bond motifs is 1. The lowest BCUT2D eigenvalue weighted by Gasteiger charge is -2.17. The molecule has 0 aliphatic rings. The van der Waals surface area contributed by atoms with Gasteiger partial charge in [-0.05, 0) is 24.5 Å². The van der Waals surface area contributed by atoms with E-state index in [4.69, 9.17) is 0 Å². The molecule has 0 saturated carbocycles. The molecule has 5 nitrogen and oxygen atoms in total. The zero-order valence-corrected chi connectivity index (χ0v) is 11.2. The first-order valence-corrected chi connectivity index (χ1v) is 6.46. The number of hydrogen-bond donors (Lipinski definition) is 3. The molecule has 0 saturated heterocycles. The first-order chi connectivity index (χ1) is 9.10. The Morgan fingerprint density at radius 3 is 2.79 bits per heavy atom. The molecule has 102 valence electrons. The average molecular weight is 261 g/mol. The Kier molecular flexibility index (Phi) is 4.16. The molecule has 1 amide bonds. The molecule has 19 heavy (non-hydrogen) atoms. The van der Waals surface area contributed by atoms with Crippen molar-refractivity contribution >= 4 is 16.9 Å². The number of carbonyl (C=O) groups is 1. The Balaban J connectivity index is 2.10. The summed E-state index contributed by atoms with van der Waals surface area (Å²) in [4.78, 5) is 19.3. The van der Waals surface area contributed by atoms with Gasteiger partial charge in [0.15, 0.2) is 5.82 Å². The van der Waals surface area contributed by atoms with Crippen molar-refractivity contribution in [1.29, 1.82) is 0 Å². The number of nitrogens with zero attached hydrogens (tertiary/aromatic N) is 1. The van der Waals surface area contributed by atoms with Gasteiger partial charge < -0.3 is 15.4 Å². The second-order valence-corrected chi connectivity index (χ2v) is 5.09. The number of aliphatic hydroxyl groups is 1. The number of rotatable bonds is 5. The molecule has 1 aromatic heterocycles. The van der Waals surface area contributed by atoms with Crippen molar-refractivity contribution in [2.75, 3.05) is 6.61 Å². The third-order valence-electron chi connectivity index (χ3n) is 2.92. The molecular formula is C14H19N3O2. The maximum Gasteiger partial charge on any atom is 0.287 e. The van der Waals surface area contributed by atoms with Gasteiger partial charge in [0, 0.05) is 0 Å². The number of H-pyrrole nitrogens is 1. The maximum atomic E-state index is 12.0. The second kappa shape index (κ2) is 5.84. The molecule has 0 bridgehead atoms. The average Bonchev–Trinajstić information content (AvgIpc) is 2.81. The van der Waals surface area contributed by atoms with E-state index < -0.39 is 0 Å². The zero-order valence-electron chi connectivity index (χ0n) is 11.2. The maximum absolute atomic E-state index is 12.0. The van der Waals surface area contributed by atoms with Crippen molar-refractivity contribution in [3.8, 4) is 0 Å². The van der Waals surface area contributed by atoms with Crippen LogP contribution in [0.15, 0.2) is 24.3 Å². The molecule has 1 heterocycles. The monoisotopic (exact) mass is 261 g/mol. The molecule has 1 aromatic carbocycles. The van der Waals surface area contributed by atoms with Crippen LogP contribution < -0.4 is 5.32 Å². The van der Waals surface area contributed by atoms with Crippen molar-refractivity contribution in [3.05, 3.63) is 30.1 Å². The van der Waals surface area contributed by atoms with Gasteiger partial charge >= 0.3 is 0 Å². The number of hydrogen-bond acceptors (Lipinski definition) is 3. The normalized spacial score (nSPS) is 12.8. The highest BCUT2D eigenvalue weighted by molar-refractivity contribution is 5.94. The molecule has 0 aliphatic heterocycles. The highest BCUT2D eigenvalue weighted by atomic mass is 16.3. The van der Waals surface area contributed by atoms with Crippen LogP contribution in [0.25, 0.3) is 11.0 Å². The Bertz CT molecular complexity index is 530. The van der Waals surface area contributed by atoms with Crippen molar-refractivity contribution < 1.29 is 9.90 Å². The van der Waals surface area contributed by atoms with Crippen LogP contribution in [-0.2, 0) is 0 Å². The van der Waals surface area contributed by atoms with Gasteiger partial charge in [-0.25, -0.2) is 4.98 Å². The number of aromatic nitrogens is 2. The molecule has 2 aromatic rings. The van der Waals surface area contributed by atoms with E-state index in [1.54, 1.807) is 0 Å². The summed E-state index contributed by atoms with van der Waals surface area (Å²) < 4.78 is 0. The first-order valence-electron chi connectivity index (χ1n) is 6.46. The third kappa shape index (κ3) is 3.32. The Hall–Kier alpha value is -1.88. The predicted molar refractivity (Wildman–Crippen MR) is 73.9 cm³/mol. The summed E-state index contributed by atoms with van der Waals surface area (Å²) in [6.07, 6.45) is 0.739. The summed E-state index contributed by atoms with van der Waals surface area (Å²) in [5.74, 6) is 0.410. The van der Waals surface area contributed by atoms with E-state index in [0.717, 1.165) is 17.5 Å². The fourth-order valence-electron chi connectivity index (χ4n) is 2.06. The SMILES string of the molecule is CC(C)C[C@H](CO)NC(=O)c1nc2ccccc2[nH]1. The van der Waals surface area contributed by atoms with Crippen molar-refractivity contribution in [2.45, 2.75) is 26.3 Å². The molecule has 0 radical (unpaired) electrons. The van der Waals surface area contributed by atoms with Crippen molar-refractivity contribution in [1.82, 2.24) is 15.3 Å². The van der Waals surface area contributed by atoms with Gasteiger partial charge in [0.1, 0.15) is 0 Å². The molecule has 0 aliphatic carbocycles. The van der Waals surface area contributed by atoms with Crippen molar-refractivity contribution in [3.63, 3.8) is 0 Å². The summed E-state index contributed by atoms with van der Waals surface area (Å²) in [5, 5.41) is 12.1. The molecule has 0 fully saturated rings. The number of aliphatic hydroxyl groups excluding tert-OH is 1. The van der Waals surface area contributed by atoms with Crippen LogP contribution in [0.3, 0.4) is 0 Å². The second-order valence-electron chi connectivity index (χ2n) is 5.09. The van der Waals surface area contributed by atoms with Gasteiger partial charge in [0.05, 0.1) is 23.7 Å². The highest BCUT2D eigenvalue weighted by Crippen LogP contribution is 2.11. The quantitative estimate of drug-likeness (QED) is 0.766. The summed E-state index contributed by atoms with van der Waals surface area (Å²) in [5.41, 5.74) is 1.59. The number of carbonyl (C=O) groups excluding carboxylic acids is 1. The van der Waals surface area contributed by atoms with Crippen molar-refractivity contribution in [2.24, 2.45) is 5.92 Å².